The molecule has 3 rings (SSSR count). The van der Waals surface area contributed by atoms with Crippen molar-refractivity contribution in [1.29, 1.82) is 0 Å². The predicted molar refractivity (Wildman–Crippen MR) is 72.1 cm³/mol. The van der Waals surface area contributed by atoms with Crippen LogP contribution in [0.1, 0.15) is 52.7 Å². The molecule has 1 saturated carbocycles. The molecule has 0 N–H and O–H groups in total. The maximum atomic E-state index is 11.9. The quantitative estimate of drug-likeness (QED) is 0.781. The first-order chi connectivity index (χ1) is 9.19. The first-order valence-electron chi connectivity index (χ1n) is 6.74. The van der Waals surface area contributed by atoms with Crippen LogP contribution in [0.2, 0.25) is 0 Å². The highest BCUT2D eigenvalue weighted by Crippen LogP contribution is 2.43. The van der Waals surface area contributed by atoms with Crippen molar-refractivity contribution in [1.82, 2.24) is 0 Å². The number of esters is 1. The van der Waals surface area contributed by atoms with Crippen LogP contribution in [-0.2, 0) is 16.0 Å². The summed E-state index contributed by atoms with van der Waals surface area (Å²) in [5.41, 5.74) is 3.86. The second kappa shape index (κ2) is 4.65. The molecule has 0 unspecified atom stereocenters. The second-order valence-electron chi connectivity index (χ2n) is 5.10. The van der Waals surface area contributed by atoms with Crippen LogP contribution in [0.5, 0.6) is 0 Å². The number of hydrogen-bond acceptors (Lipinski definition) is 3. The summed E-state index contributed by atoms with van der Waals surface area (Å²) in [5.74, 6) is 0.373. The number of hydrogen-bond donors (Lipinski definition) is 0. The van der Waals surface area contributed by atoms with E-state index in [0.717, 1.165) is 24.0 Å². The van der Waals surface area contributed by atoms with Gasteiger partial charge in [0, 0.05) is 6.42 Å². The highest BCUT2D eigenvalue weighted by molar-refractivity contribution is 6.00. The topological polar surface area (TPSA) is 43.4 Å². The second-order valence-corrected chi connectivity index (χ2v) is 5.10. The van der Waals surface area contributed by atoms with E-state index in [1.54, 1.807) is 13.0 Å². The van der Waals surface area contributed by atoms with Gasteiger partial charge in [0.25, 0.3) is 0 Å². The van der Waals surface area contributed by atoms with Crippen LogP contribution in [0, 0.1) is 0 Å². The molecule has 3 heteroatoms. The summed E-state index contributed by atoms with van der Waals surface area (Å²) in [5, 5.41) is 0. The molecule has 0 amide bonds. The van der Waals surface area contributed by atoms with E-state index in [4.69, 9.17) is 4.74 Å². The molecule has 0 heterocycles. The first kappa shape index (κ1) is 12.2. The predicted octanol–water partition coefficient (Wildman–Crippen LogP) is 2.88. The van der Waals surface area contributed by atoms with Gasteiger partial charge in [-0.3, -0.25) is 4.79 Å². The Labute approximate surface area is 112 Å². The zero-order valence-electron chi connectivity index (χ0n) is 10.9. The minimum Gasteiger partial charge on any atom is -0.462 e. The van der Waals surface area contributed by atoms with Crippen molar-refractivity contribution in [2.45, 2.75) is 32.1 Å². The van der Waals surface area contributed by atoms with E-state index < -0.39 is 0 Å². The normalized spacial score (nSPS) is 17.2. The third kappa shape index (κ3) is 2.33. The standard InChI is InChI=1S/C16H16O3/c1-2-19-16(18)12-7-11-5-6-13(17)9-15(11)14(8-12)10-3-4-10/h5-8,10H,2-4,9H2,1H3. The molecule has 1 fully saturated rings. The molecule has 0 aromatic heterocycles. The number of fused-ring (bicyclic) bond motifs is 1. The highest BCUT2D eigenvalue weighted by atomic mass is 16.5. The maximum Gasteiger partial charge on any atom is 0.338 e. The molecule has 0 spiro atoms. The van der Waals surface area contributed by atoms with E-state index >= 15 is 0 Å². The third-order valence-corrected chi connectivity index (χ3v) is 3.65. The fourth-order valence-electron chi connectivity index (χ4n) is 2.58. The lowest BCUT2D eigenvalue weighted by molar-refractivity contribution is -0.114. The van der Waals surface area contributed by atoms with Crippen molar-refractivity contribution < 1.29 is 14.3 Å². The third-order valence-electron chi connectivity index (χ3n) is 3.65. The lowest BCUT2D eigenvalue weighted by atomic mass is 9.88. The molecule has 0 radical (unpaired) electrons. The highest BCUT2D eigenvalue weighted by Gasteiger charge is 2.29. The van der Waals surface area contributed by atoms with Crippen LogP contribution < -0.4 is 0 Å². The van der Waals surface area contributed by atoms with Crippen LogP contribution in [0.25, 0.3) is 6.08 Å². The lowest BCUT2D eigenvalue weighted by Gasteiger charge is -2.16. The van der Waals surface area contributed by atoms with Crippen molar-refractivity contribution >= 4 is 17.8 Å². The van der Waals surface area contributed by atoms with Crippen molar-refractivity contribution in [3.8, 4) is 0 Å². The lowest BCUT2D eigenvalue weighted by Crippen LogP contribution is -2.12. The number of allylic oxidation sites excluding steroid dienone is 1. The van der Waals surface area contributed by atoms with E-state index in [2.05, 4.69) is 0 Å². The van der Waals surface area contributed by atoms with Gasteiger partial charge in [0.05, 0.1) is 12.2 Å². The molecule has 0 bridgehead atoms. The average molecular weight is 256 g/mol. The molecule has 98 valence electrons. The first-order valence-corrected chi connectivity index (χ1v) is 6.74. The van der Waals surface area contributed by atoms with Gasteiger partial charge in [-0.2, -0.15) is 0 Å². The molecule has 0 aliphatic heterocycles. The summed E-state index contributed by atoms with van der Waals surface area (Å²) in [6.45, 7) is 2.18. The van der Waals surface area contributed by atoms with Crippen molar-refractivity contribution in [2.75, 3.05) is 6.61 Å². The van der Waals surface area contributed by atoms with Gasteiger partial charge in [-0.15, -0.1) is 0 Å². The average Bonchev–Trinajstić information content (AvgIpc) is 3.22. The Hall–Kier alpha value is -1.90. The molecule has 1 aromatic carbocycles. The van der Waals surface area contributed by atoms with Crippen LogP contribution in [0.3, 0.4) is 0 Å². The molecule has 2 aliphatic carbocycles. The number of carbonyl (C=O) groups excluding carboxylic acids is 2. The summed E-state index contributed by atoms with van der Waals surface area (Å²) in [7, 11) is 0. The maximum absolute atomic E-state index is 11.9. The van der Waals surface area contributed by atoms with Gasteiger partial charge in [0.2, 0.25) is 0 Å². The Morgan fingerprint density at radius 3 is 2.79 bits per heavy atom. The number of ether oxygens (including phenoxy) is 1. The SMILES string of the molecule is CCOC(=O)c1cc2c(c(C3CC3)c1)CC(=O)C=C2. The number of rotatable bonds is 3. The molecular formula is C16H16O3. The summed E-state index contributed by atoms with van der Waals surface area (Å²) < 4.78 is 5.07. The molecule has 19 heavy (non-hydrogen) atoms. The van der Waals surface area contributed by atoms with Crippen LogP contribution in [-0.4, -0.2) is 18.4 Å². The van der Waals surface area contributed by atoms with Crippen LogP contribution in [0.15, 0.2) is 18.2 Å². The van der Waals surface area contributed by atoms with Gasteiger partial charge < -0.3 is 4.74 Å². The van der Waals surface area contributed by atoms with Crippen molar-refractivity contribution in [3.63, 3.8) is 0 Å². The Morgan fingerprint density at radius 1 is 1.32 bits per heavy atom. The fraction of sp³-hybridized carbons (Fsp3) is 0.375. The number of ketones is 1. The van der Waals surface area contributed by atoms with Gasteiger partial charge >= 0.3 is 5.97 Å². The van der Waals surface area contributed by atoms with Gasteiger partial charge in [-0.25, -0.2) is 4.79 Å². The van der Waals surface area contributed by atoms with E-state index in [1.807, 2.05) is 18.2 Å². The molecule has 1 aromatic rings. The minimum atomic E-state index is -0.280. The van der Waals surface area contributed by atoms with Crippen LogP contribution in [0.4, 0.5) is 0 Å². The van der Waals surface area contributed by atoms with E-state index in [1.165, 1.54) is 5.56 Å². The smallest absolute Gasteiger partial charge is 0.338 e. The minimum absolute atomic E-state index is 0.137. The van der Waals surface area contributed by atoms with Gasteiger partial charge in [0.15, 0.2) is 5.78 Å². The Balaban J connectivity index is 2.06. The Morgan fingerprint density at radius 2 is 2.11 bits per heavy atom. The zero-order chi connectivity index (χ0) is 13.4. The van der Waals surface area contributed by atoms with E-state index in [0.29, 0.717) is 24.5 Å². The van der Waals surface area contributed by atoms with Gasteiger partial charge in [0.1, 0.15) is 0 Å². The fourth-order valence-corrected chi connectivity index (χ4v) is 2.58. The zero-order valence-corrected chi connectivity index (χ0v) is 10.9. The van der Waals surface area contributed by atoms with Crippen molar-refractivity contribution in [2.24, 2.45) is 0 Å². The Kier molecular flexibility index (Phi) is 2.97. The monoisotopic (exact) mass is 256 g/mol. The molecule has 2 aliphatic rings. The summed E-state index contributed by atoms with van der Waals surface area (Å²) in [4.78, 5) is 23.4. The summed E-state index contributed by atoms with van der Waals surface area (Å²) in [6.07, 6.45) is 6.16. The Bertz CT molecular complexity index is 580. The number of benzene rings is 1. The molecular weight excluding hydrogens is 240 g/mol. The molecule has 0 atom stereocenters. The van der Waals surface area contributed by atoms with Gasteiger partial charge in [-0.1, -0.05) is 6.08 Å². The largest absolute Gasteiger partial charge is 0.462 e. The van der Waals surface area contributed by atoms with Crippen LogP contribution >= 0.6 is 0 Å². The van der Waals surface area contributed by atoms with Gasteiger partial charge in [-0.05, 0) is 60.6 Å². The van der Waals surface area contributed by atoms with E-state index in [9.17, 15) is 9.59 Å². The molecule has 3 nitrogen and oxygen atoms in total. The van der Waals surface area contributed by atoms with Crippen molar-refractivity contribution in [3.05, 3.63) is 40.5 Å². The summed E-state index contributed by atoms with van der Waals surface area (Å²) in [6, 6.07) is 3.75. The summed E-state index contributed by atoms with van der Waals surface area (Å²) >= 11 is 0. The number of carbonyl (C=O) groups is 2. The van der Waals surface area contributed by atoms with E-state index in [-0.39, 0.29) is 11.8 Å². The molecule has 0 saturated heterocycles.